The molecule has 1 unspecified atom stereocenters. The number of ether oxygens (including phenoxy) is 1. The summed E-state index contributed by atoms with van der Waals surface area (Å²) in [5.74, 6) is 0. The van der Waals surface area contributed by atoms with E-state index in [1.165, 1.54) is 0 Å². The number of likely N-dealkylation sites (N-methyl/N-ethyl adjacent to an activating group) is 1. The molecule has 1 N–H and O–H groups in total. The van der Waals surface area contributed by atoms with Crippen LogP contribution >= 0.6 is 0 Å². The zero-order valence-corrected chi connectivity index (χ0v) is 7.88. The van der Waals surface area contributed by atoms with Gasteiger partial charge in [-0.05, 0) is 6.54 Å². The monoisotopic (exact) mass is 174 g/mol. The van der Waals surface area contributed by atoms with E-state index >= 15 is 0 Å². The van der Waals surface area contributed by atoms with Crippen LogP contribution in [0.25, 0.3) is 0 Å². The van der Waals surface area contributed by atoms with Gasteiger partial charge in [0.2, 0.25) is 0 Å². The van der Waals surface area contributed by atoms with Gasteiger partial charge >= 0.3 is 0 Å². The van der Waals surface area contributed by atoms with Crippen molar-refractivity contribution in [3.05, 3.63) is 0 Å². The van der Waals surface area contributed by atoms with E-state index in [1.807, 2.05) is 0 Å². The molecule has 1 saturated heterocycles. The van der Waals surface area contributed by atoms with Gasteiger partial charge in [0.25, 0.3) is 0 Å². The van der Waals surface area contributed by atoms with Crippen LogP contribution in [-0.2, 0) is 9.57 Å². The van der Waals surface area contributed by atoms with Crippen LogP contribution < -0.4 is 5.48 Å². The fourth-order valence-corrected chi connectivity index (χ4v) is 1.37. The Morgan fingerprint density at radius 2 is 2.50 bits per heavy atom. The Hall–Kier alpha value is -0.160. The van der Waals surface area contributed by atoms with E-state index < -0.39 is 0 Å². The van der Waals surface area contributed by atoms with Crippen molar-refractivity contribution in [2.75, 3.05) is 39.9 Å². The number of nitrogens with zero attached hydrogens (tertiary/aromatic N) is 1. The SMILES string of the molecule is CCN1CCOC(CNOC)C1. The molecule has 0 aromatic heterocycles. The molecule has 1 rings (SSSR count). The molecule has 0 aromatic carbocycles. The molecule has 1 fully saturated rings. The van der Waals surface area contributed by atoms with Gasteiger partial charge in [-0.2, -0.15) is 0 Å². The number of morpholine rings is 1. The summed E-state index contributed by atoms with van der Waals surface area (Å²) >= 11 is 0. The molecular formula is C8H18N2O2. The summed E-state index contributed by atoms with van der Waals surface area (Å²) in [6.45, 7) is 6.95. The first kappa shape index (κ1) is 9.92. The molecule has 1 aliphatic heterocycles. The topological polar surface area (TPSA) is 33.7 Å². The maximum Gasteiger partial charge on any atom is 0.0849 e. The van der Waals surface area contributed by atoms with Crippen LogP contribution in [0.1, 0.15) is 6.92 Å². The second kappa shape index (κ2) is 5.48. The number of nitrogens with one attached hydrogen (secondary N) is 1. The quantitative estimate of drug-likeness (QED) is 0.601. The van der Waals surface area contributed by atoms with E-state index in [4.69, 9.17) is 9.57 Å². The normalized spacial score (nSPS) is 26.0. The highest BCUT2D eigenvalue weighted by atomic mass is 16.6. The Bertz CT molecular complexity index is 122. The molecule has 0 spiro atoms. The fraction of sp³-hybridized carbons (Fsp3) is 1.00. The first-order chi connectivity index (χ1) is 5.86. The third-order valence-corrected chi connectivity index (χ3v) is 2.13. The zero-order valence-electron chi connectivity index (χ0n) is 7.88. The Morgan fingerprint density at radius 3 is 3.17 bits per heavy atom. The lowest BCUT2D eigenvalue weighted by Gasteiger charge is -2.31. The average molecular weight is 174 g/mol. The van der Waals surface area contributed by atoms with Gasteiger partial charge < -0.3 is 9.57 Å². The Morgan fingerprint density at radius 1 is 1.67 bits per heavy atom. The van der Waals surface area contributed by atoms with E-state index in [9.17, 15) is 0 Å². The Kier molecular flexibility index (Phi) is 4.53. The van der Waals surface area contributed by atoms with Gasteiger partial charge in [-0.3, -0.25) is 4.90 Å². The first-order valence-corrected chi connectivity index (χ1v) is 4.46. The fourth-order valence-electron chi connectivity index (χ4n) is 1.37. The third-order valence-electron chi connectivity index (χ3n) is 2.13. The molecule has 4 heteroatoms. The lowest BCUT2D eigenvalue weighted by molar-refractivity contribution is -0.0469. The second-order valence-electron chi connectivity index (χ2n) is 2.94. The smallest absolute Gasteiger partial charge is 0.0849 e. The molecule has 4 nitrogen and oxygen atoms in total. The third kappa shape index (κ3) is 3.06. The van der Waals surface area contributed by atoms with Gasteiger partial charge in [-0.15, -0.1) is 0 Å². The van der Waals surface area contributed by atoms with Gasteiger partial charge in [-0.1, -0.05) is 6.92 Å². The highest BCUT2D eigenvalue weighted by Crippen LogP contribution is 2.03. The zero-order chi connectivity index (χ0) is 8.81. The number of rotatable bonds is 4. The molecule has 0 bridgehead atoms. The molecule has 0 saturated carbocycles. The van der Waals surface area contributed by atoms with Crippen molar-refractivity contribution in [2.24, 2.45) is 0 Å². The number of hydroxylamine groups is 1. The number of hydrogen-bond donors (Lipinski definition) is 1. The van der Waals surface area contributed by atoms with E-state index in [2.05, 4.69) is 17.3 Å². The van der Waals surface area contributed by atoms with Crippen LogP contribution in [0, 0.1) is 0 Å². The van der Waals surface area contributed by atoms with E-state index in [0.717, 1.165) is 32.8 Å². The molecule has 1 atom stereocenters. The molecule has 72 valence electrons. The lowest BCUT2D eigenvalue weighted by Crippen LogP contribution is -2.46. The maximum atomic E-state index is 5.53. The molecule has 0 aromatic rings. The van der Waals surface area contributed by atoms with Crippen molar-refractivity contribution in [1.29, 1.82) is 0 Å². The van der Waals surface area contributed by atoms with Crippen molar-refractivity contribution in [3.63, 3.8) is 0 Å². The first-order valence-electron chi connectivity index (χ1n) is 4.46. The summed E-state index contributed by atoms with van der Waals surface area (Å²) in [5, 5.41) is 0. The standard InChI is InChI=1S/C8H18N2O2/c1-3-10-4-5-12-8(7-10)6-9-11-2/h8-9H,3-7H2,1-2H3. The molecule has 12 heavy (non-hydrogen) atoms. The van der Waals surface area contributed by atoms with Crippen molar-refractivity contribution in [3.8, 4) is 0 Å². The van der Waals surface area contributed by atoms with Crippen molar-refractivity contribution in [2.45, 2.75) is 13.0 Å². The minimum atomic E-state index is 0.277. The largest absolute Gasteiger partial charge is 0.374 e. The molecule has 1 aliphatic rings. The molecule has 1 heterocycles. The van der Waals surface area contributed by atoms with Crippen molar-refractivity contribution in [1.82, 2.24) is 10.4 Å². The minimum Gasteiger partial charge on any atom is -0.374 e. The molecule has 0 aliphatic carbocycles. The van der Waals surface area contributed by atoms with Crippen LogP contribution in [0.3, 0.4) is 0 Å². The van der Waals surface area contributed by atoms with Crippen LogP contribution in [0.2, 0.25) is 0 Å². The highest BCUT2D eigenvalue weighted by Gasteiger charge is 2.18. The van der Waals surface area contributed by atoms with E-state index in [0.29, 0.717) is 0 Å². The predicted octanol–water partition coefficient (Wildman–Crippen LogP) is -0.142. The lowest BCUT2D eigenvalue weighted by atomic mass is 10.3. The maximum absolute atomic E-state index is 5.53. The van der Waals surface area contributed by atoms with E-state index in [1.54, 1.807) is 7.11 Å². The second-order valence-corrected chi connectivity index (χ2v) is 2.94. The van der Waals surface area contributed by atoms with Crippen LogP contribution in [-0.4, -0.2) is 50.9 Å². The summed E-state index contributed by atoms with van der Waals surface area (Å²) in [6.07, 6.45) is 0.277. The summed E-state index contributed by atoms with van der Waals surface area (Å²) in [7, 11) is 1.63. The van der Waals surface area contributed by atoms with Crippen LogP contribution in [0.5, 0.6) is 0 Å². The molecular weight excluding hydrogens is 156 g/mol. The van der Waals surface area contributed by atoms with Gasteiger partial charge in [0.1, 0.15) is 0 Å². The summed E-state index contributed by atoms with van der Waals surface area (Å²) in [4.78, 5) is 7.15. The van der Waals surface area contributed by atoms with Crippen LogP contribution in [0.4, 0.5) is 0 Å². The molecule has 0 amide bonds. The summed E-state index contributed by atoms with van der Waals surface area (Å²) in [5.41, 5.74) is 2.81. The average Bonchev–Trinajstić information content (AvgIpc) is 2.15. The van der Waals surface area contributed by atoms with Gasteiger partial charge in [0, 0.05) is 19.6 Å². The van der Waals surface area contributed by atoms with Crippen molar-refractivity contribution < 1.29 is 9.57 Å². The Labute approximate surface area is 73.8 Å². The summed E-state index contributed by atoms with van der Waals surface area (Å²) in [6, 6.07) is 0. The van der Waals surface area contributed by atoms with Gasteiger partial charge in [0.05, 0.1) is 19.8 Å². The minimum absolute atomic E-state index is 0.277. The van der Waals surface area contributed by atoms with Gasteiger partial charge in [-0.25, -0.2) is 5.48 Å². The number of hydrogen-bond acceptors (Lipinski definition) is 4. The van der Waals surface area contributed by atoms with E-state index in [-0.39, 0.29) is 6.10 Å². The van der Waals surface area contributed by atoms with Gasteiger partial charge in [0.15, 0.2) is 0 Å². The Balaban J connectivity index is 2.16. The van der Waals surface area contributed by atoms with Crippen LogP contribution in [0.15, 0.2) is 0 Å². The van der Waals surface area contributed by atoms with Crippen molar-refractivity contribution >= 4 is 0 Å². The predicted molar refractivity (Wildman–Crippen MR) is 46.9 cm³/mol. The summed E-state index contributed by atoms with van der Waals surface area (Å²) < 4.78 is 5.53. The molecule has 0 radical (unpaired) electrons. The highest BCUT2D eigenvalue weighted by molar-refractivity contribution is 4.70.